The van der Waals surface area contributed by atoms with Crippen molar-refractivity contribution in [1.82, 2.24) is 5.32 Å². The Morgan fingerprint density at radius 2 is 1.79 bits per heavy atom. The molecule has 1 nitrogen and oxygen atoms in total. The molecule has 0 saturated heterocycles. The van der Waals surface area contributed by atoms with Crippen LogP contribution in [0.2, 0.25) is 0 Å². The fourth-order valence-corrected chi connectivity index (χ4v) is 2.31. The Morgan fingerprint density at radius 1 is 1.14 bits per heavy atom. The van der Waals surface area contributed by atoms with Crippen LogP contribution in [0.5, 0.6) is 0 Å². The predicted octanol–water partition coefficient (Wildman–Crippen LogP) is 3.45. The molecule has 0 bridgehead atoms. The molecule has 0 aromatic carbocycles. The van der Waals surface area contributed by atoms with Crippen LogP contribution in [0, 0.1) is 17.3 Å². The van der Waals surface area contributed by atoms with E-state index in [1.807, 2.05) is 0 Å². The first-order valence-corrected chi connectivity index (χ1v) is 6.13. The van der Waals surface area contributed by atoms with Crippen LogP contribution in [0.25, 0.3) is 0 Å². The van der Waals surface area contributed by atoms with E-state index in [0.717, 1.165) is 24.4 Å². The van der Waals surface area contributed by atoms with E-state index in [9.17, 15) is 0 Å². The van der Waals surface area contributed by atoms with Crippen LogP contribution >= 0.6 is 0 Å². The summed E-state index contributed by atoms with van der Waals surface area (Å²) in [6.45, 7) is 12.9. The number of rotatable bonds is 2. The van der Waals surface area contributed by atoms with Gasteiger partial charge in [0.15, 0.2) is 0 Å². The van der Waals surface area contributed by atoms with Crippen LogP contribution in [0.15, 0.2) is 0 Å². The van der Waals surface area contributed by atoms with Crippen molar-refractivity contribution in [3.8, 4) is 0 Å². The van der Waals surface area contributed by atoms with Gasteiger partial charge in [-0.1, -0.05) is 47.5 Å². The Morgan fingerprint density at radius 3 is 2.36 bits per heavy atom. The maximum Gasteiger partial charge on any atom is 0.00954 e. The number of hydrogen-bond donors (Lipinski definition) is 1. The lowest BCUT2D eigenvalue weighted by molar-refractivity contribution is 0.192. The first-order valence-electron chi connectivity index (χ1n) is 6.13. The maximum absolute atomic E-state index is 3.74. The second-order valence-corrected chi connectivity index (χ2v) is 6.32. The van der Waals surface area contributed by atoms with Crippen LogP contribution in [-0.4, -0.2) is 12.6 Å². The molecule has 3 unspecified atom stereocenters. The van der Waals surface area contributed by atoms with E-state index < -0.39 is 0 Å². The number of nitrogens with one attached hydrogen (secondary N) is 1. The summed E-state index contributed by atoms with van der Waals surface area (Å²) in [7, 11) is 0. The van der Waals surface area contributed by atoms with Crippen molar-refractivity contribution >= 4 is 0 Å². The minimum absolute atomic E-state index is 0.417. The molecule has 0 aliphatic heterocycles. The molecule has 0 aromatic rings. The quantitative estimate of drug-likeness (QED) is 0.715. The van der Waals surface area contributed by atoms with Crippen molar-refractivity contribution in [2.75, 3.05) is 6.54 Å². The molecule has 0 heterocycles. The Balaban J connectivity index is 2.36. The van der Waals surface area contributed by atoms with Crippen LogP contribution in [0.1, 0.15) is 53.9 Å². The van der Waals surface area contributed by atoms with E-state index >= 15 is 0 Å². The van der Waals surface area contributed by atoms with Gasteiger partial charge in [0.1, 0.15) is 0 Å². The highest BCUT2D eigenvalue weighted by Gasteiger charge is 2.27. The van der Waals surface area contributed by atoms with E-state index in [-0.39, 0.29) is 0 Å². The van der Waals surface area contributed by atoms with Crippen LogP contribution in [0.3, 0.4) is 0 Å². The number of hydrogen-bond acceptors (Lipinski definition) is 1. The molecular formula is C13H27N. The van der Waals surface area contributed by atoms with E-state index in [2.05, 4.69) is 39.9 Å². The molecule has 1 fully saturated rings. The van der Waals surface area contributed by atoms with E-state index in [1.165, 1.54) is 19.3 Å². The van der Waals surface area contributed by atoms with E-state index in [1.54, 1.807) is 0 Å². The van der Waals surface area contributed by atoms with Crippen LogP contribution in [0.4, 0.5) is 0 Å². The fourth-order valence-electron chi connectivity index (χ4n) is 2.31. The fraction of sp³-hybridized carbons (Fsp3) is 1.00. The third-order valence-corrected chi connectivity index (χ3v) is 3.60. The minimum atomic E-state index is 0.417. The molecule has 84 valence electrons. The molecule has 3 atom stereocenters. The Labute approximate surface area is 89.7 Å². The van der Waals surface area contributed by atoms with Gasteiger partial charge in [0, 0.05) is 12.6 Å². The van der Waals surface area contributed by atoms with Gasteiger partial charge in [-0.15, -0.1) is 0 Å². The van der Waals surface area contributed by atoms with Gasteiger partial charge in [-0.05, 0) is 23.7 Å². The van der Waals surface area contributed by atoms with Gasteiger partial charge in [-0.2, -0.15) is 0 Å². The molecule has 14 heavy (non-hydrogen) atoms. The molecule has 1 rings (SSSR count). The molecule has 0 amide bonds. The van der Waals surface area contributed by atoms with Gasteiger partial charge in [0.25, 0.3) is 0 Å². The lowest BCUT2D eigenvalue weighted by Gasteiger charge is -2.36. The molecule has 1 heteroatoms. The zero-order valence-corrected chi connectivity index (χ0v) is 10.6. The molecule has 0 spiro atoms. The van der Waals surface area contributed by atoms with Crippen molar-refractivity contribution in [1.29, 1.82) is 0 Å². The zero-order chi connectivity index (χ0) is 10.8. The molecule has 1 aliphatic carbocycles. The average molecular weight is 197 g/mol. The predicted molar refractivity (Wildman–Crippen MR) is 63.4 cm³/mol. The zero-order valence-electron chi connectivity index (χ0n) is 10.6. The molecule has 1 aliphatic rings. The lowest BCUT2D eigenvalue weighted by Crippen LogP contribution is -2.43. The average Bonchev–Trinajstić information content (AvgIpc) is 2.06. The van der Waals surface area contributed by atoms with Gasteiger partial charge in [-0.3, -0.25) is 0 Å². The lowest BCUT2D eigenvalue weighted by atomic mass is 9.77. The summed E-state index contributed by atoms with van der Waals surface area (Å²) in [4.78, 5) is 0. The Bertz CT molecular complexity index is 169. The van der Waals surface area contributed by atoms with Crippen molar-refractivity contribution in [2.45, 2.75) is 59.9 Å². The highest BCUT2D eigenvalue weighted by atomic mass is 14.9. The normalized spacial score (nSPS) is 34.5. The van der Waals surface area contributed by atoms with Crippen molar-refractivity contribution in [2.24, 2.45) is 17.3 Å². The molecule has 1 saturated carbocycles. The summed E-state index contributed by atoms with van der Waals surface area (Å²) in [6, 6.07) is 0.762. The summed E-state index contributed by atoms with van der Waals surface area (Å²) in [5.74, 6) is 1.76. The topological polar surface area (TPSA) is 12.0 Å². The van der Waals surface area contributed by atoms with Crippen molar-refractivity contribution < 1.29 is 0 Å². The highest BCUT2D eigenvalue weighted by molar-refractivity contribution is 4.83. The summed E-state index contributed by atoms with van der Waals surface area (Å²) in [6.07, 6.45) is 4.21. The van der Waals surface area contributed by atoms with Gasteiger partial charge < -0.3 is 5.32 Å². The van der Waals surface area contributed by atoms with Gasteiger partial charge in [0.2, 0.25) is 0 Å². The van der Waals surface area contributed by atoms with Crippen molar-refractivity contribution in [3.05, 3.63) is 0 Å². The van der Waals surface area contributed by atoms with E-state index in [0.29, 0.717) is 5.41 Å². The maximum atomic E-state index is 3.74. The SMILES string of the molecule is CC1CCCC(NCC(C)(C)C)C1C. The monoisotopic (exact) mass is 197 g/mol. The second-order valence-electron chi connectivity index (χ2n) is 6.32. The summed E-state index contributed by atoms with van der Waals surface area (Å²) in [5.41, 5.74) is 0.417. The van der Waals surface area contributed by atoms with Gasteiger partial charge >= 0.3 is 0 Å². The van der Waals surface area contributed by atoms with Gasteiger partial charge in [-0.25, -0.2) is 0 Å². The first kappa shape index (κ1) is 12.0. The third-order valence-electron chi connectivity index (χ3n) is 3.60. The first-order chi connectivity index (χ1) is 6.40. The molecule has 0 radical (unpaired) electrons. The largest absolute Gasteiger partial charge is 0.313 e. The highest BCUT2D eigenvalue weighted by Crippen LogP contribution is 2.29. The standard InChI is InChI=1S/C13H27N/c1-10-7-6-8-12(11(10)2)14-9-13(3,4)5/h10-12,14H,6-9H2,1-5H3. The molecule has 0 aromatic heterocycles. The summed E-state index contributed by atoms with van der Waals surface area (Å²) >= 11 is 0. The second kappa shape index (κ2) is 4.65. The minimum Gasteiger partial charge on any atom is -0.313 e. The van der Waals surface area contributed by atoms with Crippen molar-refractivity contribution in [3.63, 3.8) is 0 Å². The van der Waals surface area contributed by atoms with Crippen LogP contribution < -0.4 is 5.32 Å². The Kier molecular flexibility index (Phi) is 4.00. The molecular weight excluding hydrogens is 170 g/mol. The van der Waals surface area contributed by atoms with Crippen LogP contribution in [-0.2, 0) is 0 Å². The summed E-state index contributed by atoms with van der Waals surface area (Å²) < 4.78 is 0. The van der Waals surface area contributed by atoms with Gasteiger partial charge in [0.05, 0.1) is 0 Å². The third kappa shape index (κ3) is 3.61. The molecule has 1 N–H and O–H groups in total. The summed E-state index contributed by atoms with van der Waals surface area (Å²) in [5, 5.41) is 3.74. The Hall–Kier alpha value is -0.0400. The van der Waals surface area contributed by atoms with E-state index in [4.69, 9.17) is 0 Å². The smallest absolute Gasteiger partial charge is 0.00954 e.